The van der Waals surface area contributed by atoms with E-state index in [1.807, 2.05) is 4.90 Å². The second-order valence-corrected chi connectivity index (χ2v) is 6.39. The van der Waals surface area contributed by atoms with Crippen LogP contribution in [0.3, 0.4) is 0 Å². The Morgan fingerprint density at radius 3 is 2.26 bits per heavy atom. The molecular formula is C19H19F4N3O. The lowest BCUT2D eigenvalue weighted by atomic mass is 10.2. The molecular weight excluding hydrogens is 362 g/mol. The number of halogens is 4. The van der Waals surface area contributed by atoms with Crippen molar-refractivity contribution in [3.63, 3.8) is 0 Å². The molecule has 1 fully saturated rings. The number of carbonyl (C=O) groups excluding carboxylic acids is 1. The number of rotatable bonds is 4. The number of anilines is 2. The van der Waals surface area contributed by atoms with Crippen LogP contribution in [0.2, 0.25) is 0 Å². The first-order valence-corrected chi connectivity index (χ1v) is 8.51. The summed E-state index contributed by atoms with van der Waals surface area (Å²) in [6.45, 7) is 0.817. The van der Waals surface area contributed by atoms with Gasteiger partial charge in [-0.3, -0.25) is 9.69 Å². The first kappa shape index (κ1) is 19.2. The maximum Gasteiger partial charge on any atom is 0.401 e. The molecule has 2 aromatic rings. The van der Waals surface area contributed by atoms with E-state index in [9.17, 15) is 22.4 Å². The minimum absolute atomic E-state index is 0.222. The summed E-state index contributed by atoms with van der Waals surface area (Å²) in [7, 11) is 0. The fraction of sp³-hybridized carbons (Fsp3) is 0.316. The van der Waals surface area contributed by atoms with Crippen LogP contribution >= 0.6 is 0 Å². The molecule has 1 N–H and O–H groups in total. The van der Waals surface area contributed by atoms with E-state index in [1.165, 1.54) is 23.1 Å². The van der Waals surface area contributed by atoms with E-state index in [1.54, 1.807) is 24.3 Å². The van der Waals surface area contributed by atoms with Crippen LogP contribution in [0.1, 0.15) is 10.4 Å². The third kappa shape index (κ3) is 5.43. The normalized spacial score (nSPS) is 15.6. The number of hydrogen-bond donors (Lipinski definition) is 1. The molecule has 2 aromatic carbocycles. The minimum Gasteiger partial charge on any atom is -0.369 e. The monoisotopic (exact) mass is 381 g/mol. The molecule has 3 rings (SSSR count). The molecule has 144 valence electrons. The Morgan fingerprint density at radius 1 is 1.00 bits per heavy atom. The SMILES string of the molecule is O=C(Nc1ccc(N2CCN(CC(F)(F)F)CC2)cc1)c1cccc(F)c1. The van der Waals surface area contributed by atoms with E-state index in [-0.39, 0.29) is 5.56 Å². The standard InChI is InChI=1S/C19H19F4N3O/c20-15-3-1-2-14(12-15)18(27)24-16-4-6-17(7-5-16)26-10-8-25(9-11-26)13-19(21,22)23/h1-7,12H,8-11,13H2,(H,24,27). The zero-order chi connectivity index (χ0) is 19.4. The molecule has 1 amide bonds. The number of piperazine rings is 1. The number of nitrogens with one attached hydrogen (secondary N) is 1. The first-order chi connectivity index (χ1) is 12.8. The van der Waals surface area contributed by atoms with Crippen molar-refractivity contribution in [1.29, 1.82) is 0 Å². The van der Waals surface area contributed by atoms with Gasteiger partial charge in [0.1, 0.15) is 5.82 Å². The number of hydrogen-bond acceptors (Lipinski definition) is 3. The molecule has 1 heterocycles. The quantitative estimate of drug-likeness (QED) is 0.820. The van der Waals surface area contributed by atoms with E-state index < -0.39 is 24.4 Å². The van der Waals surface area contributed by atoms with Crippen molar-refractivity contribution in [2.24, 2.45) is 0 Å². The Labute approximate surface area is 154 Å². The zero-order valence-electron chi connectivity index (χ0n) is 14.5. The summed E-state index contributed by atoms with van der Waals surface area (Å²) < 4.78 is 50.5. The summed E-state index contributed by atoms with van der Waals surface area (Å²) in [5.74, 6) is -0.898. The molecule has 0 unspecified atom stereocenters. The van der Waals surface area contributed by atoms with Crippen LogP contribution in [0.4, 0.5) is 28.9 Å². The zero-order valence-corrected chi connectivity index (χ0v) is 14.5. The van der Waals surface area contributed by atoms with E-state index in [2.05, 4.69) is 5.32 Å². The lowest BCUT2D eigenvalue weighted by molar-refractivity contribution is -0.146. The lowest BCUT2D eigenvalue weighted by Crippen LogP contribution is -2.49. The van der Waals surface area contributed by atoms with Crippen LogP contribution < -0.4 is 10.2 Å². The maximum absolute atomic E-state index is 13.2. The highest BCUT2D eigenvalue weighted by Gasteiger charge is 2.32. The molecule has 0 bridgehead atoms. The van der Waals surface area contributed by atoms with Crippen LogP contribution in [0.5, 0.6) is 0 Å². The molecule has 0 spiro atoms. The summed E-state index contributed by atoms with van der Waals surface area (Å²) in [5.41, 5.74) is 1.66. The van der Waals surface area contributed by atoms with Gasteiger partial charge in [-0.05, 0) is 42.5 Å². The second kappa shape index (κ2) is 7.96. The van der Waals surface area contributed by atoms with Gasteiger partial charge >= 0.3 is 6.18 Å². The van der Waals surface area contributed by atoms with Gasteiger partial charge in [-0.1, -0.05) is 6.07 Å². The topological polar surface area (TPSA) is 35.6 Å². The van der Waals surface area contributed by atoms with Crippen molar-refractivity contribution < 1.29 is 22.4 Å². The Hall–Kier alpha value is -2.61. The number of nitrogens with zero attached hydrogens (tertiary/aromatic N) is 2. The van der Waals surface area contributed by atoms with E-state index >= 15 is 0 Å². The Morgan fingerprint density at radius 2 is 1.67 bits per heavy atom. The van der Waals surface area contributed by atoms with Gasteiger partial charge in [0.05, 0.1) is 6.54 Å². The predicted octanol–water partition coefficient (Wildman–Crippen LogP) is 3.76. The van der Waals surface area contributed by atoms with Crippen LogP contribution in [-0.4, -0.2) is 49.7 Å². The summed E-state index contributed by atoms with van der Waals surface area (Å²) in [4.78, 5) is 15.5. The molecule has 0 aliphatic carbocycles. The van der Waals surface area contributed by atoms with Crippen LogP contribution in [0.25, 0.3) is 0 Å². The molecule has 1 aliphatic rings. The predicted molar refractivity (Wildman–Crippen MR) is 95.5 cm³/mol. The summed E-state index contributed by atoms with van der Waals surface area (Å²) in [5, 5.41) is 2.69. The van der Waals surface area contributed by atoms with Crippen molar-refractivity contribution >= 4 is 17.3 Å². The highest BCUT2D eigenvalue weighted by Crippen LogP contribution is 2.22. The van der Waals surface area contributed by atoms with E-state index in [0.717, 1.165) is 11.8 Å². The van der Waals surface area contributed by atoms with Gasteiger partial charge in [-0.25, -0.2) is 4.39 Å². The highest BCUT2D eigenvalue weighted by molar-refractivity contribution is 6.04. The molecule has 0 atom stereocenters. The lowest BCUT2D eigenvalue weighted by Gasteiger charge is -2.36. The third-order valence-corrected chi connectivity index (χ3v) is 4.35. The van der Waals surface area contributed by atoms with Crippen molar-refractivity contribution in [2.75, 3.05) is 42.9 Å². The number of carbonyl (C=O) groups is 1. The Balaban J connectivity index is 1.56. The highest BCUT2D eigenvalue weighted by atomic mass is 19.4. The maximum atomic E-state index is 13.2. The van der Waals surface area contributed by atoms with E-state index in [4.69, 9.17) is 0 Å². The third-order valence-electron chi connectivity index (χ3n) is 4.35. The van der Waals surface area contributed by atoms with Crippen molar-refractivity contribution in [2.45, 2.75) is 6.18 Å². The summed E-state index contributed by atoms with van der Waals surface area (Å²) in [6.07, 6.45) is -4.18. The van der Waals surface area contributed by atoms with Crippen LogP contribution in [0.15, 0.2) is 48.5 Å². The van der Waals surface area contributed by atoms with Crippen LogP contribution in [0, 0.1) is 5.82 Å². The van der Waals surface area contributed by atoms with Gasteiger partial charge in [0.15, 0.2) is 0 Å². The average molecular weight is 381 g/mol. The number of alkyl halides is 3. The summed E-state index contributed by atoms with van der Waals surface area (Å²) in [6, 6.07) is 12.5. The van der Waals surface area contributed by atoms with Gasteiger partial charge in [0.2, 0.25) is 0 Å². The van der Waals surface area contributed by atoms with Gasteiger partial charge in [-0.15, -0.1) is 0 Å². The Bertz CT molecular complexity index is 784. The van der Waals surface area contributed by atoms with Crippen molar-refractivity contribution in [3.05, 3.63) is 59.9 Å². The van der Waals surface area contributed by atoms with Crippen molar-refractivity contribution in [1.82, 2.24) is 4.90 Å². The molecule has 1 aliphatic heterocycles. The second-order valence-electron chi connectivity index (χ2n) is 6.39. The fourth-order valence-corrected chi connectivity index (χ4v) is 3.01. The fourth-order valence-electron chi connectivity index (χ4n) is 3.01. The molecule has 1 saturated heterocycles. The van der Waals surface area contributed by atoms with Crippen molar-refractivity contribution in [3.8, 4) is 0 Å². The molecule has 0 aromatic heterocycles. The average Bonchev–Trinajstić information content (AvgIpc) is 2.62. The molecule has 4 nitrogen and oxygen atoms in total. The molecule has 8 heteroatoms. The molecule has 27 heavy (non-hydrogen) atoms. The number of amides is 1. The molecule has 0 radical (unpaired) electrons. The smallest absolute Gasteiger partial charge is 0.369 e. The van der Waals surface area contributed by atoms with Gasteiger partial charge in [0.25, 0.3) is 5.91 Å². The number of benzene rings is 2. The first-order valence-electron chi connectivity index (χ1n) is 8.51. The van der Waals surface area contributed by atoms with Gasteiger partial charge in [-0.2, -0.15) is 13.2 Å². The Kier molecular flexibility index (Phi) is 5.65. The van der Waals surface area contributed by atoms with E-state index in [0.29, 0.717) is 31.9 Å². The summed E-state index contributed by atoms with van der Waals surface area (Å²) >= 11 is 0. The minimum atomic E-state index is -4.18. The van der Waals surface area contributed by atoms with Gasteiger partial charge < -0.3 is 10.2 Å². The van der Waals surface area contributed by atoms with Crippen LogP contribution in [-0.2, 0) is 0 Å². The largest absolute Gasteiger partial charge is 0.401 e. The molecule has 0 saturated carbocycles. The van der Waals surface area contributed by atoms with Gasteiger partial charge in [0, 0.05) is 43.1 Å².